The average Bonchev–Trinajstić information content (AvgIpc) is 2.72. The first-order chi connectivity index (χ1) is 9.58. The minimum Gasteiger partial charge on any atom is -0.313 e. The molecule has 0 aliphatic carbocycles. The summed E-state index contributed by atoms with van der Waals surface area (Å²) < 4.78 is 15.7. The van der Waals surface area contributed by atoms with Gasteiger partial charge in [-0.05, 0) is 19.5 Å². The van der Waals surface area contributed by atoms with Crippen molar-refractivity contribution in [2.75, 3.05) is 7.05 Å². The van der Waals surface area contributed by atoms with E-state index in [4.69, 9.17) is 11.6 Å². The molecule has 1 N–H and O–H groups in total. The zero-order valence-corrected chi connectivity index (χ0v) is 12.7. The highest BCUT2D eigenvalue weighted by atomic mass is 35.5. The minimum atomic E-state index is -0.208. The van der Waals surface area contributed by atoms with Gasteiger partial charge in [0.2, 0.25) is 0 Å². The van der Waals surface area contributed by atoms with Gasteiger partial charge in [0.05, 0.1) is 16.4 Å². The molecule has 0 saturated heterocycles. The molecule has 0 aliphatic heterocycles. The average molecular weight is 296 g/mol. The van der Waals surface area contributed by atoms with Crippen molar-refractivity contribution >= 4 is 11.6 Å². The van der Waals surface area contributed by atoms with Crippen molar-refractivity contribution in [3.8, 4) is 0 Å². The molecule has 108 valence electrons. The Morgan fingerprint density at radius 1 is 1.40 bits per heavy atom. The number of rotatable bonds is 5. The predicted octanol–water partition coefficient (Wildman–Crippen LogP) is 3.28. The summed E-state index contributed by atoms with van der Waals surface area (Å²) >= 11 is 6.35. The molecule has 1 heterocycles. The molecule has 0 radical (unpaired) electrons. The lowest BCUT2D eigenvalue weighted by atomic mass is 10.0. The van der Waals surface area contributed by atoms with Crippen molar-refractivity contribution in [2.24, 2.45) is 7.05 Å². The maximum Gasteiger partial charge on any atom is 0.127 e. The van der Waals surface area contributed by atoms with E-state index in [1.54, 1.807) is 16.8 Å². The summed E-state index contributed by atoms with van der Waals surface area (Å²) in [7, 11) is 3.69. The van der Waals surface area contributed by atoms with Crippen LogP contribution >= 0.6 is 11.6 Å². The molecule has 2 aromatic rings. The van der Waals surface area contributed by atoms with Crippen LogP contribution in [0.25, 0.3) is 0 Å². The van der Waals surface area contributed by atoms with E-state index < -0.39 is 0 Å². The van der Waals surface area contributed by atoms with Gasteiger partial charge in [0.1, 0.15) is 5.82 Å². The fourth-order valence-corrected chi connectivity index (χ4v) is 2.73. The number of aryl methyl sites for hydroxylation is 2. The third kappa shape index (κ3) is 2.86. The first-order valence-electron chi connectivity index (χ1n) is 6.70. The largest absolute Gasteiger partial charge is 0.313 e. The van der Waals surface area contributed by atoms with Crippen molar-refractivity contribution in [1.29, 1.82) is 0 Å². The minimum absolute atomic E-state index is 0.131. The number of nitrogens with zero attached hydrogens (tertiary/aromatic N) is 2. The standard InChI is InChI=1S/C15H19ClFN3/c1-4-12-15(16)14(20(3)19-12)9-13(18-2)10-7-5-6-8-11(10)17/h5-8,13,18H,4,9H2,1-3H3. The second kappa shape index (κ2) is 6.37. The van der Waals surface area contributed by atoms with Crippen LogP contribution in [0.4, 0.5) is 4.39 Å². The van der Waals surface area contributed by atoms with Gasteiger partial charge >= 0.3 is 0 Å². The highest BCUT2D eigenvalue weighted by molar-refractivity contribution is 6.31. The third-order valence-electron chi connectivity index (χ3n) is 3.53. The molecule has 0 fully saturated rings. The highest BCUT2D eigenvalue weighted by Crippen LogP contribution is 2.27. The topological polar surface area (TPSA) is 29.9 Å². The van der Waals surface area contributed by atoms with Crippen molar-refractivity contribution in [3.05, 3.63) is 52.1 Å². The summed E-state index contributed by atoms with van der Waals surface area (Å²) in [6.45, 7) is 2.02. The zero-order valence-electron chi connectivity index (χ0n) is 12.0. The van der Waals surface area contributed by atoms with Gasteiger partial charge in [0.15, 0.2) is 0 Å². The fourth-order valence-electron chi connectivity index (χ4n) is 2.36. The normalized spacial score (nSPS) is 12.7. The number of nitrogens with one attached hydrogen (secondary N) is 1. The molecule has 2 rings (SSSR count). The Labute approximate surface area is 123 Å². The number of hydrogen-bond acceptors (Lipinski definition) is 2. The molecule has 0 bridgehead atoms. The molecule has 1 unspecified atom stereocenters. The van der Waals surface area contributed by atoms with Crippen LogP contribution < -0.4 is 5.32 Å². The fraction of sp³-hybridized carbons (Fsp3) is 0.400. The Hall–Kier alpha value is -1.39. The monoisotopic (exact) mass is 295 g/mol. The van der Waals surface area contributed by atoms with Crippen LogP contribution in [0.15, 0.2) is 24.3 Å². The van der Waals surface area contributed by atoms with Crippen molar-refractivity contribution < 1.29 is 4.39 Å². The van der Waals surface area contributed by atoms with Crippen LogP contribution in [-0.2, 0) is 19.9 Å². The smallest absolute Gasteiger partial charge is 0.127 e. The van der Waals surface area contributed by atoms with E-state index in [2.05, 4.69) is 10.4 Å². The first kappa shape index (κ1) is 15.0. The van der Waals surface area contributed by atoms with Crippen LogP contribution in [0.2, 0.25) is 5.02 Å². The van der Waals surface area contributed by atoms with E-state index in [0.717, 1.165) is 17.8 Å². The summed E-state index contributed by atoms with van der Waals surface area (Å²) in [5, 5.41) is 8.23. The molecule has 1 atom stereocenters. The molecule has 0 amide bonds. The van der Waals surface area contributed by atoms with Gasteiger partial charge < -0.3 is 5.32 Å². The molecular weight excluding hydrogens is 277 g/mol. The summed E-state index contributed by atoms with van der Waals surface area (Å²) in [4.78, 5) is 0. The molecule has 3 nitrogen and oxygen atoms in total. The van der Waals surface area contributed by atoms with E-state index in [-0.39, 0.29) is 11.9 Å². The number of halogens is 2. The van der Waals surface area contributed by atoms with Crippen molar-refractivity contribution in [1.82, 2.24) is 15.1 Å². The van der Waals surface area contributed by atoms with Gasteiger partial charge in [-0.15, -0.1) is 0 Å². The van der Waals surface area contributed by atoms with Crippen molar-refractivity contribution in [2.45, 2.75) is 25.8 Å². The Balaban J connectivity index is 2.32. The summed E-state index contributed by atoms with van der Waals surface area (Å²) in [6.07, 6.45) is 1.39. The van der Waals surface area contributed by atoms with Gasteiger partial charge in [0, 0.05) is 25.1 Å². The Kier molecular flexibility index (Phi) is 4.78. The quantitative estimate of drug-likeness (QED) is 0.917. The molecule has 20 heavy (non-hydrogen) atoms. The van der Waals surface area contributed by atoms with Crippen LogP contribution in [0.5, 0.6) is 0 Å². The van der Waals surface area contributed by atoms with Gasteiger partial charge in [0.25, 0.3) is 0 Å². The molecule has 0 saturated carbocycles. The van der Waals surface area contributed by atoms with E-state index in [1.165, 1.54) is 6.07 Å². The summed E-state index contributed by atoms with van der Waals surface area (Å²) in [6, 6.07) is 6.67. The number of benzene rings is 1. The number of hydrogen-bond donors (Lipinski definition) is 1. The first-order valence-corrected chi connectivity index (χ1v) is 7.08. The van der Waals surface area contributed by atoms with Crippen LogP contribution in [0.3, 0.4) is 0 Å². The van der Waals surface area contributed by atoms with Gasteiger partial charge in [-0.2, -0.15) is 5.10 Å². The highest BCUT2D eigenvalue weighted by Gasteiger charge is 2.20. The molecule has 1 aromatic heterocycles. The predicted molar refractivity (Wildman–Crippen MR) is 79.5 cm³/mol. The number of likely N-dealkylation sites (N-methyl/N-ethyl adjacent to an activating group) is 1. The zero-order chi connectivity index (χ0) is 14.7. The lowest BCUT2D eigenvalue weighted by Gasteiger charge is -2.17. The second-order valence-corrected chi connectivity index (χ2v) is 5.13. The Morgan fingerprint density at radius 3 is 2.65 bits per heavy atom. The van der Waals surface area contributed by atoms with E-state index in [1.807, 2.05) is 27.1 Å². The van der Waals surface area contributed by atoms with E-state index in [0.29, 0.717) is 17.0 Å². The maximum atomic E-state index is 13.9. The molecule has 5 heteroatoms. The van der Waals surface area contributed by atoms with Gasteiger partial charge in [-0.3, -0.25) is 4.68 Å². The lowest BCUT2D eigenvalue weighted by Crippen LogP contribution is -2.21. The van der Waals surface area contributed by atoms with E-state index in [9.17, 15) is 4.39 Å². The summed E-state index contributed by atoms with van der Waals surface area (Å²) in [5.41, 5.74) is 2.45. The molecule has 1 aromatic carbocycles. The number of aromatic nitrogens is 2. The van der Waals surface area contributed by atoms with Gasteiger partial charge in [-0.25, -0.2) is 4.39 Å². The Bertz CT molecular complexity index is 595. The van der Waals surface area contributed by atoms with Gasteiger partial charge in [-0.1, -0.05) is 36.7 Å². The maximum absolute atomic E-state index is 13.9. The van der Waals surface area contributed by atoms with E-state index >= 15 is 0 Å². The molecule has 0 aliphatic rings. The second-order valence-electron chi connectivity index (χ2n) is 4.75. The Morgan fingerprint density at radius 2 is 2.10 bits per heavy atom. The SMILES string of the molecule is CCc1nn(C)c(CC(NC)c2ccccc2F)c1Cl. The third-order valence-corrected chi connectivity index (χ3v) is 3.97. The molecular formula is C15H19ClFN3. The van der Waals surface area contributed by atoms with Crippen LogP contribution in [-0.4, -0.2) is 16.8 Å². The summed E-state index contributed by atoms with van der Waals surface area (Å²) in [5.74, 6) is -0.208. The van der Waals surface area contributed by atoms with Crippen LogP contribution in [0, 0.1) is 5.82 Å². The lowest BCUT2D eigenvalue weighted by molar-refractivity contribution is 0.519. The van der Waals surface area contributed by atoms with Crippen molar-refractivity contribution in [3.63, 3.8) is 0 Å². The van der Waals surface area contributed by atoms with Crippen LogP contribution in [0.1, 0.15) is 29.9 Å². The molecule has 0 spiro atoms.